The van der Waals surface area contributed by atoms with E-state index in [1.54, 1.807) is 0 Å². The summed E-state index contributed by atoms with van der Waals surface area (Å²) in [6, 6.07) is 1.14. The van der Waals surface area contributed by atoms with E-state index < -0.39 is 18.5 Å². The van der Waals surface area contributed by atoms with Gasteiger partial charge in [-0.1, -0.05) is 11.6 Å². The second kappa shape index (κ2) is 4.88. The zero-order valence-corrected chi connectivity index (χ0v) is 8.29. The van der Waals surface area contributed by atoms with Gasteiger partial charge < -0.3 is 9.47 Å². The first-order valence-electron chi connectivity index (χ1n) is 3.73. The van der Waals surface area contributed by atoms with E-state index in [4.69, 9.17) is 11.6 Å². The zero-order valence-electron chi connectivity index (χ0n) is 7.54. The number of carbonyl (C=O) groups excluding carboxylic acids is 1. The summed E-state index contributed by atoms with van der Waals surface area (Å²) in [6.45, 7) is -3.07. The summed E-state index contributed by atoms with van der Waals surface area (Å²) < 4.78 is 32.2. The molecule has 1 aromatic rings. The van der Waals surface area contributed by atoms with Crippen LogP contribution in [0.4, 0.5) is 8.78 Å². The van der Waals surface area contributed by atoms with Crippen LogP contribution in [0.5, 0.6) is 5.88 Å². The number of hydrogen-bond donors (Lipinski definition) is 0. The molecule has 1 heterocycles. The number of hydrogen-bond acceptors (Lipinski definition) is 4. The van der Waals surface area contributed by atoms with Crippen molar-refractivity contribution in [3.63, 3.8) is 0 Å². The highest BCUT2D eigenvalue weighted by atomic mass is 35.5. The van der Waals surface area contributed by atoms with Crippen LogP contribution in [-0.2, 0) is 4.74 Å². The van der Waals surface area contributed by atoms with Crippen LogP contribution in [0.2, 0.25) is 5.02 Å². The molecule has 0 saturated heterocycles. The SMILES string of the molecule is COC(=O)c1cc(Cl)cnc1OC(F)F. The van der Waals surface area contributed by atoms with Crippen molar-refractivity contribution in [2.45, 2.75) is 6.61 Å². The molecule has 1 rings (SSSR count). The summed E-state index contributed by atoms with van der Waals surface area (Å²) in [5.41, 5.74) is -0.245. The topological polar surface area (TPSA) is 48.4 Å². The highest BCUT2D eigenvalue weighted by Crippen LogP contribution is 2.21. The van der Waals surface area contributed by atoms with Crippen molar-refractivity contribution in [2.24, 2.45) is 0 Å². The lowest BCUT2D eigenvalue weighted by Gasteiger charge is -2.07. The minimum Gasteiger partial charge on any atom is -0.465 e. The molecule has 0 amide bonds. The van der Waals surface area contributed by atoms with Gasteiger partial charge in [0.05, 0.1) is 12.1 Å². The maximum atomic E-state index is 11.9. The van der Waals surface area contributed by atoms with Crippen LogP contribution in [0.1, 0.15) is 10.4 Å². The first kappa shape index (κ1) is 11.6. The second-order valence-corrected chi connectivity index (χ2v) is 2.81. The number of nitrogens with zero attached hydrogens (tertiary/aromatic N) is 1. The van der Waals surface area contributed by atoms with Crippen molar-refractivity contribution in [3.05, 3.63) is 22.8 Å². The van der Waals surface area contributed by atoms with Gasteiger partial charge in [0.2, 0.25) is 5.88 Å². The molecule has 0 spiro atoms. The molecule has 0 aliphatic heterocycles. The maximum absolute atomic E-state index is 11.9. The fraction of sp³-hybridized carbons (Fsp3) is 0.250. The van der Waals surface area contributed by atoms with Crippen LogP contribution >= 0.6 is 11.6 Å². The van der Waals surface area contributed by atoms with Gasteiger partial charge in [-0.05, 0) is 6.07 Å². The molecular weight excluding hydrogens is 232 g/mol. The minimum absolute atomic E-state index is 0.122. The van der Waals surface area contributed by atoms with Crippen molar-refractivity contribution in [2.75, 3.05) is 7.11 Å². The highest BCUT2D eigenvalue weighted by molar-refractivity contribution is 6.30. The molecular formula is C8H6ClF2NO3. The molecule has 4 nitrogen and oxygen atoms in total. The molecule has 7 heteroatoms. The van der Waals surface area contributed by atoms with E-state index >= 15 is 0 Å². The van der Waals surface area contributed by atoms with Gasteiger partial charge in [-0.25, -0.2) is 9.78 Å². The molecule has 82 valence electrons. The summed E-state index contributed by atoms with van der Waals surface area (Å²) >= 11 is 5.54. The Labute approximate surface area is 88.8 Å². The van der Waals surface area contributed by atoms with Crippen molar-refractivity contribution in [3.8, 4) is 5.88 Å². The maximum Gasteiger partial charge on any atom is 0.388 e. The average molecular weight is 238 g/mol. The number of ether oxygens (including phenoxy) is 2. The molecule has 0 fully saturated rings. The van der Waals surface area contributed by atoms with Gasteiger partial charge in [0.15, 0.2) is 0 Å². The van der Waals surface area contributed by atoms with E-state index in [0.717, 1.165) is 19.4 Å². The largest absolute Gasteiger partial charge is 0.465 e. The van der Waals surface area contributed by atoms with Gasteiger partial charge in [-0.2, -0.15) is 8.78 Å². The molecule has 0 aliphatic carbocycles. The molecule has 0 N–H and O–H groups in total. The predicted molar refractivity (Wildman–Crippen MR) is 47.2 cm³/mol. The Kier molecular flexibility index (Phi) is 3.79. The summed E-state index contributed by atoms with van der Waals surface area (Å²) in [6.07, 6.45) is 1.09. The lowest BCUT2D eigenvalue weighted by molar-refractivity contribution is -0.0534. The molecule has 15 heavy (non-hydrogen) atoms. The molecule has 0 aromatic carbocycles. The molecule has 1 aromatic heterocycles. The Morgan fingerprint density at radius 1 is 1.60 bits per heavy atom. The van der Waals surface area contributed by atoms with Crippen LogP contribution in [-0.4, -0.2) is 24.7 Å². The third-order valence-electron chi connectivity index (χ3n) is 1.42. The van der Waals surface area contributed by atoms with Gasteiger partial charge in [-0.3, -0.25) is 0 Å². The summed E-state index contributed by atoms with van der Waals surface area (Å²) in [4.78, 5) is 14.6. The van der Waals surface area contributed by atoms with Crippen LogP contribution in [0.25, 0.3) is 0 Å². The highest BCUT2D eigenvalue weighted by Gasteiger charge is 2.18. The fourth-order valence-corrected chi connectivity index (χ4v) is 1.02. The van der Waals surface area contributed by atoms with Crippen molar-refractivity contribution in [1.29, 1.82) is 0 Å². The fourth-order valence-electron chi connectivity index (χ4n) is 0.861. The second-order valence-electron chi connectivity index (χ2n) is 2.38. The third-order valence-corrected chi connectivity index (χ3v) is 1.63. The Hall–Kier alpha value is -1.43. The Morgan fingerprint density at radius 3 is 2.80 bits per heavy atom. The van der Waals surface area contributed by atoms with Gasteiger partial charge >= 0.3 is 12.6 Å². The van der Waals surface area contributed by atoms with Gasteiger partial charge in [0, 0.05) is 6.20 Å². The van der Waals surface area contributed by atoms with E-state index in [2.05, 4.69) is 14.5 Å². The molecule has 0 atom stereocenters. The summed E-state index contributed by atoms with van der Waals surface area (Å²) in [7, 11) is 1.11. The molecule has 0 saturated carbocycles. The summed E-state index contributed by atoms with van der Waals surface area (Å²) in [5.74, 6) is -1.36. The quantitative estimate of drug-likeness (QED) is 0.756. The van der Waals surface area contributed by atoms with Gasteiger partial charge in [-0.15, -0.1) is 0 Å². The van der Waals surface area contributed by atoms with E-state index in [1.165, 1.54) is 0 Å². The number of methoxy groups -OCH3 is 1. The zero-order chi connectivity index (χ0) is 11.4. The Bertz CT molecular complexity index is 373. The average Bonchev–Trinajstić information content (AvgIpc) is 2.19. The first-order valence-corrected chi connectivity index (χ1v) is 4.11. The standard InChI is InChI=1S/C8H6ClF2NO3/c1-14-7(13)5-2-4(9)3-12-6(5)15-8(10)11/h2-3,8H,1H3. The third kappa shape index (κ3) is 3.02. The molecule has 0 unspecified atom stereocenters. The molecule has 0 aliphatic rings. The van der Waals surface area contributed by atoms with Crippen molar-refractivity contribution in [1.82, 2.24) is 4.98 Å². The number of rotatable bonds is 3. The van der Waals surface area contributed by atoms with E-state index in [1.807, 2.05) is 0 Å². The van der Waals surface area contributed by atoms with Gasteiger partial charge in [0.1, 0.15) is 5.56 Å². The van der Waals surface area contributed by atoms with Crippen LogP contribution in [0.3, 0.4) is 0 Å². The predicted octanol–water partition coefficient (Wildman–Crippen LogP) is 2.12. The van der Waals surface area contributed by atoms with Crippen LogP contribution < -0.4 is 4.74 Å². The Balaban J connectivity index is 3.08. The number of alkyl halides is 2. The number of pyridine rings is 1. The number of esters is 1. The van der Waals surface area contributed by atoms with Crippen molar-refractivity contribution < 1.29 is 23.0 Å². The first-order chi connectivity index (χ1) is 7.04. The van der Waals surface area contributed by atoms with Crippen LogP contribution in [0.15, 0.2) is 12.3 Å². The van der Waals surface area contributed by atoms with E-state index in [-0.39, 0.29) is 10.6 Å². The van der Waals surface area contributed by atoms with E-state index in [9.17, 15) is 13.6 Å². The smallest absolute Gasteiger partial charge is 0.388 e. The van der Waals surface area contributed by atoms with Crippen molar-refractivity contribution >= 4 is 17.6 Å². The number of carbonyl (C=O) groups is 1. The molecule has 0 radical (unpaired) electrons. The monoisotopic (exact) mass is 237 g/mol. The van der Waals surface area contributed by atoms with Crippen LogP contribution in [0, 0.1) is 0 Å². The normalized spacial score (nSPS) is 10.2. The number of halogens is 3. The van der Waals surface area contributed by atoms with Gasteiger partial charge in [0.25, 0.3) is 0 Å². The lowest BCUT2D eigenvalue weighted by Crippen LogP contribution is -2.10. The van der Waals surface area contributed by atoms with E-state index in [0.29, 0.717) is 0 Å². The summed E-state index contributed by atoms with van der Waals surface area (Å²) in [5, 5.41) is 0.122. The number of aromatic nitrogens is 1. The minimum atomic E-state index is -3.07. The lowest BCUT2D eigenvalue weighted by atomic mass is 10.3. The Morgan fingerprint density at radius 2 is 2.27 bits per heavy atom. The molecule has 0 bridgehead atoms.